The highest BCUT2D eigenvalue weighted by Crippen LogP contribution is 2.19. The van der Waals surface area contributed by atoms with Crippen molar-refractivity contribution in [1.29, 1.82) is 0 Å². The van der Waals surface area contributed by atoms with E-state index in [1.54, 1.807) is 0 Å². The van der Waals surface area contributed by atoms with Gasteiger partial charge in [-0.3, -0.25) is 9.58 Å². The first kappa shape index (κ1) is 17.0. The van der Waals surface area contributed by atoms with E-state index in [9.17, 15) is 5.11 Å². The summed E-state index contributed by atoms with van der Waals surface area (Å²) in [7, 11) is 0. The van der Waals surface area contributed by atoms with Crippen molar-refractivity contribution in [3.8, 4) is 5.75 Å². The van der Waals surface area contributed by atoms with Gasteiger partial charge in [0.1, 0.15) is 18.5 Å². The standard InChI is InChI=1S/C19H27N3O2/c1-15-5-7-19(8-6-15)24-14-18(23)13-21-9-3-4-17(21)12-22-11-16(2)10-20-22/h5-8,10-11,17-18,23H,3-4,9,12-14H2,1-2H3/t17-,18-/m0/s1. The number of likely N-dealkylation sites (tertiary alicyclic amines) is 1. The molecule has 3 rings (SSSR count). The molecule has 1 N–H and O–H groups in total. The SMILES string of the molecule is Cc1ccc(OC[C@@H](O)CN2CCC[C@H]2Cn2cc(C)cn2)cc1. The predicted octanol–water partition coefficient (Wildman–Crippen LogP) is 2.40. The highest BCUT2D eigenvalue weighted by molar-refractivity contribution is 5.26. The van der Waals surface area contributed by atoms with Gasteiger partial charge in [0.05, 0.1) is 12.7 Å². The summed E-state index contributed by atoms with van der Waals surface area (Å²) in [6.45, 7) is 7.01. The number of benzene rings is 1. The summed E-state index contributed by atoms with van der Waals surface area (Å²) in [6, 6.07) is 8.37. The molecule has 0 saturated carbocycles. The Balaban J connectivity index is 1.47. The molecule has 0 spiro atoms. The van der Waals surface area contributed by atoms with Crippen LogP contribution in [0.1, 0.15) is 24.0 Å². The molecule has 0 aliphatic carbocycles. The van der Waals surface area contributed by atoms with Gasteiger partial charge in [-0.05, 0) is 50.9 Å². The quantitative estimate of drug-likeness (QED) is 0.847. The average molecular weight is 329 g/mol. The van der Waals surface area contributed by atoms with E-state index in [2.05, 4.69) is 23.1 Å². The number of aliphatic hydroxyl groups is 1. The van der Waals surface area contributed by atoms with Crippen LogP contribution in [0.3, 0.4) is 0 Å². The Kier molecular flexibility index (Phi) is 5.53. The van der Waals surface area contributed by atoms with Crippen LogP contribution in [0.5, 0.6) is 5.75 Å². The highest BCUT2D eigenvalue weighted by atomic mass is 16.5. The number of ether oxygens (including phenoxy) is 1. The third kappa shape index (κ3) is 4.58. The van der Waals surface area contributed by atoms with E-state index in [-0.39, 0.29) is 0 Å². The minimum absolute atomic E-state index is 0.327. The van der Waals surface area contributed by atoms with Crippen LogP contribution in [-0.4, -0.2) is 51.6 Å². The molecular weight excluding hydrogens is 302 g/mol. The second-order valence-corrected chi connectivity index (χ2v) is 6.81. The molecule has 2 atom stereocenters. The van der Waals surface area contributed by atoms with Crippen LogP contribution in [-0.2, 0) is 6.54 Å². The van der Waals surface area contributed by atoms with E-state index in [1.165, 1.54) is 17.5 Å². The van der Waals surface area contributed by atoms with Gasteiger partial charge in [0.2, 0.25) is 0 Å². The lowest BCUT2D eigenvalue weighted by Crippen LogP contribution is -2.40. The van der Waals surface area contributed by atoms with Gasteiger partial charge in [0.25, 0.3) is 0 Å². The van der Waals surface area contributed by atoms with Crippen molar-refractivity contribution >= 4 is 0 Å². The number of rotatable bonds is 7. The summed E-state index contributed by atoms with van der Waals surface area (Å²) in [5.74, 6) is 0.810. The normalized spacial score (nSPS) is 19.5. The lowest BCUT2D eigenvalue weighted by Gasteiger charge is -2.26. The van der Waals surface area contributed by atoms with Crippen LogP contribution in [0.2, 0.25) is 0 Å². The van der Waals surface area contributed by atoms with Crippen molar-refractivity contribution in [3.63, 3.8) is 0 Å². The Morgan fingerprint density at radius 2 is 2.04 bits per heavy atom. The van der Waals surface area contributed by atoms with Gasteiger partial charge in [-0.1, -0.05) is 17.7 Å². The van der Waals surface area contributed by atoms with Gasteiger partial charge >= 0.3 is 0 Å². The molecule has 24 heavy (non-hydrogen) atoms. The summed E-state index contributed by atoms with van der Waals surface area (Å²) in [5, 5.41) is 14.7. The second kappa shape index (κ2) is 7.81. The van der Waals surface area contributed by atoms with Gasteiger partial charge in [0.15, 0.2) is 0 Å². The van der Waals surface area contributed by atoms with Crippen molar-refractivity contribution in [2.75, 3.05) is 19.7 Å². The number of β-amino-alcohol motifs (C(OH)–C–C–N with tert-alkyl or cyclic N) is 1. The first-order valence-electron chi connectivity index (χ1n) is 8.71. The molecule has 5 nitrogen and oxygen atoms in total. The number of hydrogen-bond donors (Lipinski definition) is 1. The average Bonchev–Trinajstić information content (AvgIpc) is 3.16. The molecule has 2 heterocycles. The van der Waals surface area contributed by atoms with Gasteiger partial charge in [-0.25, -0.2) is 0 Å². The summed E-state index contributed by atoms with van der Waals surface area (Å²) in [5.41, 5.74) is 2.39. The first-order valence-corrected chi connectivity index (χ1v) is 8.71. The maximum Gasteiger partial charge on any atom is 0.119 e. The zero-order valence-electron chi connectivity index (χ0n) is 14.6. The Morgan fingerprint density at radius 1 is 1.25 bits per heavy atom. The Hall–Kier alpha value is -1.85. The van der Waals surface area contributed by atoms with Gasteiger partial charge in [-0.2, -0.15) is 5.10 Å². The number of aromatic nitrogens is 2. The molecule has 5 heteroatoms. The zero-order valence-corrected chi connectivity index (χ0v) is 14.6. The fourth-order valence-electron chi connectivity index (χ4n) is 3.28. The van der Waals surface area contributed by atoms with Crippen molar-refractivity contribution in [2.45, 2.75) is 45.4 Å². The third-order valence-electron chi connectivity index (χ3n) is 4.57. The van der Waals surface area contributed by atoms with Crippen LogP contribution < -0.4 is 4.74 Å². The van der Waals surface area contributed by atoms with Crippen molar-refractivity contribution < 1.29 is 9.84 Å². The van der Waals surface area contributed by atoms with Gasteiger partial charge in [-0.15, -0.1) is 0 Å². The number of hydrogen-bond acceptors (Lipinski definition) is 4. The first-order chi connectivity index (χ1) is 11.6. The Bertz CT molecular complexity index is 638. The molecule has 0 unspecified atom stereocenters. The van der Waals surface area contributed by atoms with Crippen LogP contribution in [0.25, 0.3) is 0 Å². The van der Waals surface area contributed by atoms with Crippen LogP contribution in [0, 0.1) is 13.8 Å². The lowest BCUT2D eigenvalue weighted by molar-refractivity contribution is 0.0609. The summed E-state index contributed by atoms with van der Waals surface area (Å²) >= 11 is 0. The molecule has 1 aliphatic heterocycles. The molecule has 1 aromatic carbocycles. The van der Waals surface area contributed by atoms with E-state index in [0.717, 1.165) is 25.3 Å². The molecule has 2 aromatic rings. The van der Waals surface area contributed by atoms with Crippen molar-refractivity contribution in [3.05, 3.63) is 47.8 Å². The molecule has 1 saturated heterocycles. The monoisotopic (exact) mass is 329 g/mol. The maximum atomic E-state index is 10.3. The van der Waals surface area contributed by atoms with Crippen LogP contribution in [0.4, 0.5) is 0 Å². The minimum Gasteiger partial charge on any atom is -0.491 e. The largest absolute Gasteiger partial charge is 0.491 e. The minimum atomic E-state index is -0.480. The number of aliphatic hydroxyl groups excluding tert-OH is 1. The van der Waals surface area contributed by atoms with Crippen molar-refractivity contribution in [1.82, 2.24) is 14.7 Å². The predicted molar refractivity (Wildman–Crippen MR) is 94.2 cm³/mol. The Morgan fingerprint density at radius 3 is 2.75 bits per heavy atom. The van der Waals surface area contributed by atoms with Gasteiger partial charge in [0, 0.05) is 18.8 Å². The zero-order chi connectivity index (χ0) is 16.9. The molecule has 0 amide bonds. The molecule has 1 aromatic heterocycles. The molecular formula is C19H27N3O2. The number of aryl methyl sites for hydroxylation is 2. The lowest BCUT2D eigenvalue weighted by atomic mass is 10.2. The molecule has 1 aliphatic rings. The third-order valence-corrected chi connectivity index (χ3v) is 4.57. The molecule has 1 fully saturated rings. The van der Waals surface area contributed by atoms with E-state index in [4.69, 9.17) is 4.74 Å². The van der Waals surface area contributed by atoms with Crippen LogP contribution in [0.15, 0.2) is 36.7 Å². The summed E-state index contributed by atoms with van der Waals surface area (Å²) < 4.78 is 7.70. The van der Waals surface area contributed by atoms with E-state index in [1.807, 2.05) is 42.1 Å². The smallest absolute Gasteiger partial charge is 0.119 e. The summed E-state index contributed by atoms with van der Waals surface area (Å²) in [4.78, 5) is 2.36. The van der Waals surface area contributed by atoms with E-state index >= 15 is 0 Å². The summed E-state index contributed by atoms with van der Waals surface area (Å²) in [6.07, 6.45) is 5.82. The number of nitrogens with zero attached hydrogens (tertiary/aromatic N) is 3. The topological polar surface area (TPSA) is 50.5 Å². The van der Waals surface area contributed by atoms with Crippen LogP contribution >= 0.6 is 0 Å². The van der Waals surface area contributed by atoms with Gasteiger partial charge < -0.3 is 9.84 Å². The highest BCUT2D eigenvalue weighted by Gasteiger charge is 2.26. The molecule has 0 radical (unpaired) electrons. The van der Waals surface area contributed by atoms with Crippen molar-refractivity contribution in [2.24, 2.45) is 0 Å². The Labute approximate surface area is 143 Å². The second-order valence-electron chi connectivity index (χ2n) is 6.81. The fourth-order valence-corrected chi connectivity index (χ4v) is 3.28. The van der Waals surface area contributed by atoms with E-state index in [0.29, 0.717) is 19.2 Å². The molecule has 130 valence electrons. The maximum absolute atomic E-state index is 10.3. The molecule has 0 bridgehead atoms. The van der Waals surface area contributed by atoms with E-state index < -0.39 is 6.10 Å². The fraction of sp³-hybridized carbons (Fsp3) is 0.526.